The van der Waals surface area contributed by atoms with Crippen LogP contribution in [0, 0.1) is 11.8 Å². The predicted molar refractivity (Wildman–Crippen MR) is 109 cm³/mol. The number of aliphatic imine (C=N–C) groups is 1. The first-order valence-corrected chi connectivity index (χ1v) is 11.5. The molecule has 26 heavy (non-hydrogen) atoms. The van der Waals surface area contributed by atoms with E-state index in [9.17, 15) is 8.42 Å². The Kier molecular flexibility index (Phi) is 7.94. The van der Waals surface area contributed by atoms with Gasteiger partial charge in [-0.25, -0.2) is 8.42 Å². The number of nitrogens with zero attached hydrogens (tertiary/aromatic N) is 2. The number of rotatable bonds is 7. The number of nitrogens with one attached hydrogen (secondary N) is 1. The summed E-state index contributed by atoms with van der Waals surface area (Å²) in [5.41, 5.74) is 0.848. The maximum Gasteiger partial charge on any atom is 0.193 e. The zero-order chi connectivity index (χ0) is 19.0. The van der Waals surface area contributed by atoms with Crippen LogP contribution in [0.3, 0.4) is 0 Å². The van der Waals surface area contributed by atoms with E-state index in [1.807, 2.05) is 30.3 Å². The molecule has 2 rings (SSSR count). The van der Waals surface area contributed by atoms with E-state index < -0.39 is 9.84 Å². The third kappa shape index (κ3) is 6.98. The van der Waals surface area contributed by atoms with Crippen LogP contribution in [0.5, 0.6) is 0 Å². The van der Waals surface area contributed by atoms with E-state index in [1.165, 1.54) is 6.42 Å². The van der Waals surface area contributed by atoms with E-state index in [2.05, 4.69) is 36.0 Å². The predicted octanol–water partition coefficient (Wildman–Crippen LogP) is 2.93. The highest BCUT2D eigenvalue weighted by atomic mass is 32.2. The Morgan fingerprint density at radius 3 is 2.46 bits per heavy atom. The van der Waals surface area contributed by atoms with Crippen LogP contribution in [0.1, 0.15) is 39.2 Å². The van der Waals surface area contributed by atoms with Crippen molar-refractivity contribution in [1.82, 2.24) is 10.2 Å². The Bertz CT molecular complexity index is 664. The minimum absolute atomic E-state index is 0.110. The van der Waals surface area contributed by atoms with Gasteiger partial charge in [0.25, 0.3) is 0 Å². The first-order chi connectivity index (χ1) is 12.4. The third-order valence-electron chi connectivity index (χ3n) is 4.61. The topological polar surface area (TPSA) is 61.8 Å². The van der Waals surface area contributed by atoms with E-state index in [1.54, 1.807) is 0 Å². The summed E-state index contributed by atoms with van der Waals surface area (Å²) in [6.45, 7) is 10.0. The van der Waals surface area contributed by atoms with Crippen LogP contribution in [0.4, 0.5) is 0 Å². The second-order valence-electron chi connectivity index (χ2n) is 7.52. The lowest BCUT2D eigenvalue weighted by Gasteiger charge is -2.37. The Morgan fingerprint density at radius 1 is 1.19 bits per heavy atom. The van der Waals surface area contributed by atoms with Crippen molar-refractivity contribution >= 4 is 15.8 Å². The highest BCUT2D eigenvalue weighted by Gasteiger charge is 2.24. The summed E-state index contributed by atoms with van der Waals surface area (Å²) in [4.78, 5) is 7.00. The Hall–Kier alpha value is -1.56. The molecule has 6 heteroatoms. The quantitative estimate of drug-likeness (QED) is 0.449. The van der Waals surface area contributed by atoms with Gasteiger partial charge >= 0.3 is 0 Å². The summed E-state index contributed by atoms with van der Waals surface area (Å²) < 4.78 is 24.6. The Balaban J connectivity index is 1.87. The lowest BCUT2D eigenvalue weighted by Crippen LogP contribution is -2.48. The fourth-order valence-corrected chi connectivity index (χ4v) is 5.05. The maximum absolute atomic E-state index is 12.3. The van der Waals surface area contributed by atoms with Crippen molar-refractivity contribution in [3.63, 3.8) is 0 Å². The van der Waals surface area contributed by atoms with Gasteiger partial charge in [-0.2, -0.15) is 0 Å². The number of sulfone groups is 1. The zero-order valence-corrected chi connectivity index (χ0v) is 17.1. The lowest BCUT2D eigenvalue weighted by molar-refractivity contribution is 0.208. The molecular formula is C20H33N3O2S. The molecule has 0 bridgehead atoms. The largest absolute Gasteiger partial charge is 0.357 e. The molecule has 0 aliphatic carbocycles. The fourth-order valence-electron chi connectivity index (χ4n) is 3.63. The van der Waals surface area contributed by atoms with Crippen LogP contribution in [0.15, 0.2) is 35.3 Å². The third-order valence-corrected chi connectivity index (χ3v) is 6.29. The van der Waals surface area contributed by atoms with E-state index in [0.29, 0.717) is 24.8 Å². The molecule has 1 heterocycles. The van der Waals surface area contributed by atoms with Crippen LogP contribution < -0.4 is 5.32 Å². The van der Waals surface area contributed by atoms with E-state index in [4.69, 9.17) is 0 Å². The molecule has 1 aromatic rings. The summed E-state index contributed by atoms with van der Waals surface area (Å²) >= 11 is 0. The van der Waals surface area contributed by atoms with Gasteiger partial charge in [0.1, 0.15) is 0 Å². The zero-order valence-electron chi connectivity index (χ0n) is 16.3. The average Bonchev–Trinajstić information content (AvgIpc) is 2.57. The minimum atomic E-state index is -3.09. The average molecular weight is 380 g/mol. The summed E-state index contributed by atoms with van der Waals surface area (Å²) in [5, 5.41) is 3.36. The smallest absolute Gasteiger partial charge is 0.193 e. The molecule has 0 amide bonds. The van der Waals surface area contributed by atoms with Crippen molar-refractivity contribution in [2.24, 2.45) is 16.8 Å². The molecule has 1 aliphatic heterocycles. The molecule has 1 aromatic carbocycles. The van der Waals surface area contributed by atoms with Crippen LogP contribution in [0.25, 0.3) is 0 Å². The molecular weight excluding hydrogens is 346 g/mol. The van der Waals surface area contributed by atoms with E-state index in [0.717, 1.165) is 31.2 Å². The van der Waals surface area contributed by atoms with E-state index in [-0.39, 0.29) is 11.5 Å². The minimum Gasteiger partial charge on any atom is -0.357 e. The highest BCUT2D eigenvalue weighted by Crippen LogP contribution is 2.20. The summed E-state index contributed by atoms with van der Waals surface area (Å²) in [6, 6.07) is 9.36. The van der Waals surface area contributed by atoms with Crippen molar-refractivity contribution in [2.45, 2.75) is 39.4 Å². The summed E-state index contributed by atoms with van der Waals surface area (Å²) in [6.07, 6.45) is 1.82. The van der Waals surface area contributed by atoms with E-state index >= 15 is 0 Å². The lowest BCUT2D eigenvalue weighted by atomic mass is 9.92. The van der Waals surface area contributed by atoms with Gasteiger partial charge in [-0.15, -0.1) is 0 Å². The van der Waals surface area contributed by atoms with Crippen LogP contribution >= 0.6 is 0 Å². The van der Waals surface area contributed by atoms with Gasteiger partial charge in [-0.1, -0.05) is 44.2 Å². The van der Waals surface area contributed by atoms with Crippen molar-refractivity contribution in [1.29, 1.82) is 0 Å². The van der Waals surface area contributed by atoms with Crippen molar-refractivity contribution < 1.29 is 8.42 Å². The number of benzene rings is 1. The van der Waals surface area contributed by atoms with Gasteiger partial charge in [0.15, 0.2) is 15.8 Å². The Labute approximate surface area is 158 Å². The molecule has 0 saturated carbocycles. The second-order valence-corrected chi connectivity index (χ2v) is 9.70. The summed E-state index contributed by atoms with van der Waals surface area (Å²) in [5.74, 6) is 2.53. The Morgan fingerprint density at radius 2 is 1.85 bits per heavy atom. The molecule has 0 spiro atoms. The molecule has 1 N–H and O–H groups in total. The van der Waals surface area contributed by atoms with Crippen LogP contribution in [0.2, 0.25) is 0 Å². The SMILES string of the molecule is CCNC(=NCCCS(=O)(=O)Cc1ccccc1)N1CC(C)CC(C)C1. The van der Waals surface area contributed by atoms with Gasteiger partial charge < -0.3 is 10.2 Å². The molecule has 1 saturated heterocycles. The standard InChI is InChI=1S/C20H33N3O2S/c1-4-21-20(23-14-17(2)13-18(3)15-23)22-11-8-12-26(24,25)16-19-9-6-5-7-10-19/h5-7,9-10,17-18H,4,8,11-16H2,1-3H3,(H,21,22). The number of hydrogen-bond donors (Lipinski definition) is 1. The number of piperidine rings is 1. The van der Waals surface area contributed by atoms with Crippen molar-refractivity contribution in [2.75, 3.05) is 31.9 Å². The summed E-state index contributed by atoms with van der Waals surface area (Å²) in [7, 11) is -3.09. The second kappa shape index (κ2) is 9.95. The normalized spacial score (nSPS) is 21.7. The fraction of sp³-hybridized carbons (Fsp3) is 0.650. The molecule has 0 radical (unpaired) electrons. The van der Waals surface area contributed by atoms with Gasteiger partial charge in [0, 0.05) is 26.2 Å². The molecule has 1 fully saturated rings. The highest BCUT2D eigenvalue weighted by molar-refractivity contribution is 7.90. The molecule has 2 unspecified atom stereocenters. The molecule has 1 aliphatic rings. The molecule has 5 nitrogen and oxygen atoms in total. The molecule has 146 valence electrons. The maximum atomic E-state index is 12.3. The van der Waals surface area contributed by atoms with Crippen LogP contribution in [-0.4, -0.2) is 51.2 Å². The van der Waals surface area contributed by atoms with Gasteiger partial charge in [0.05, 0.1) is 11.5 Å². The van der Waals surface area contributed by atoms with Crippen LogP contribution in [-0.2, 0) is 15.6 Å². The van der Waals surface area contributed by atoms with Gasteiger partial charge in [-0.05, 0) is 37.2 Å². The van der Waals surface area contributed by atoms with Crippen molar-refractivity contribution in [3.05, 3.63) is 35.9 Å². The number of likely N-dealkylation sites (tertiary alicyclic amines) is 1. The number of guanidine groups is 1. The van der Waals surface area contributed by atoms with Gasteiger partial charge in [0.2, 0.25) is 0 Å². The van der Waals surface area contributed by atoms with Gasteiger partial charge in [-0.3, -0.25) is 4.99 Å². The monoisotopic (exact) mass is 379 g/mol. The number of hydrogen-bond acceptors (Lipinski definition) is 3. The first-order valence-electron chi connectivity index (χ1n) is 9.67. The van der Waals surface area contributed by atoms with Crippen molar-refractivity contribution in [3.8, 4) is 0 Å². The first kappa shape index (κ1) is 20.7. The molecule has 2 atom stereocenters. The molecule has 0 aromatic heterocycles.